The Kier molecular flexibility index (Phi) is 8.05. The van der Waals surface area contributed by atoms with Crippen LogP contribution < -0.4 is 10.1 Å². The third kappa shape index (κ3) is 6.47. The van der Waals surface area contributed by atoms with E-state index in [-0.39, 0.29) is 5.57 Å². The van der Waals surface area contributed by atoms with Gasteiger partial charge in [0.05, 0.1) is 5.69 Å². The molecule has 0 atom stereocenters. The Morgan fingerprint density at radius 2 is 1.75 bits per heavy atom. The van der Waals surface area contributed by atoms with E-state index in [1.54, 1.807) is 22.9 Å². The summed E-state index contributed by atoms with van der Waals surface area (Å²) in [5.41, 5.74) is 5.50. The zero-order valence-corrected chi connectivity index (χ0v) is 22.5. The molecule has 0 saturated carbocycles. The van der Waals surface area contributed by atoms with Gasteiger partial charge in [-0.1, -0.05) is 71.8 Å². The normalized spacial score (nSPS) is 11.1. The fourth-order valence-corrected chi connectivity index (χ4v) is 4.18. The van der Waals surface area contributed by atoms with Crippen molar-refractivity contribution in [3.63, 3.8) is 0 Å². The van der Waals surface area contributed by atoms with Crippen LogP contribution in [0.1, 0.15) is 16.7 Å². The highest BCUT2D eigenvalue weighted by Gasteiger charge is 2.16. The van der Waals surface area contributed by atoms with Gasteiger partial charge in [0.1, 0.15) is 29.7 Å². The number of anilines is 1. The molecule has 0 fully saturated rings. The predicted molar refractivity (Wildman–Crippen MR) is 158 cm³/mol. The smallest absolute Gasteiger partial charge is 0.266 e. The summed E-state index contributed by atoms with van der Waals surface area (Å²) >= 11 is 5.99. The predicted octanol–water partition coefficient (Wildman–Crippen LogP) is 7.63. The molecule has 5 rings (SSSR count). The quantitative estimate of drug-likeness (QED) is 0.161. The highest BCUT2D eigenvalue weighted by molar-refractivity contribution is 6.30. The Hall–Kier alpha value is -5.12. The molecule has 1 N–H and O–H groups in total. The van der Waals surface area contributed by atoms with E-state index in [9.17, 15) is 10.1 Å². The summed E-state index contributed by atoms with van der Waals surface area (Å²) < 4.78 is 7.76. The van der Waals surface area contributed by atoms with Crippen LogP contribution in [0.3, 0.4) is 0 Å². The Bertz CT molecular complexity index is 1700. The maximum Gasteiger partial charge on any atom is 0.266 e. The lowest BCUT2D eigenvalue weighted by atomic mass is 10.1. The third-order valence-electron chi connectivity index (χ3n) is 6.16. The summed E-state index contributed by atoms with van der Waals surface area (Å²) in [4.78, 5) is 13.0. The Labute approximate surface area is 237 Å². The summed E-state index contributed by atoms with van der Waals surface area (Å²) in [5, 5.41) is 18.2. The van der Waals surface area contributed by atoms with Gasteiger partial charge in [0.15, 0.2) is 0 Å². The number of halogens is 1. The van der Waals surface area contributed by atoms with Gasteiger partial charge in [-0.05, 0) is 67.1 Å². The van der Waals surface area contributed by atoms with Crippen molar-refractivity contribution in [3.05, 3.63) is 137 Å². The van der Waals surface area contributed by atoms with Crippen molar-refractivity contribution in [1.29, 1.82) is 5.26 Å². The molecule has 0 aliphatic rings. The minimum absolute atomic E-state index is 0.0374. The molecule has 0 unspecified atom stereocenters. The minimum atomic E-state index is -0.496. The van der Waals surface area contributed by atoms with Gasteiger partial charge < -0.3 is 10.1 Å². The van der Waals surface area contributed by atoms with Crippen LogP contribution in [0.5, 0.6) is 5.75 Å². The number of benzene rings is 4. The summed E-state index contributed by atoms with van der Waals surface area (Å²) in [7, 11) is 0. The van der Waals surface area contributed by atoms with Crippen molar-refractivity contribution < 1.29 is 9.53 Å². The van der Waals surface area contributed by atoms with Gasteiger partial charge in [0.25, 0.3) is 5.91 Å². The van der Waals surface area contributed by atoms with Crippen LogP contribution in [0.15, 0.2) is 115 Å². The van der Waals surface area contributed by atoms with Crippen molar-refractivity contribution in [2.75, 3.05) is 5.32 Å². The first kappa shape index (κ1) is 26.5. The standard InChI is InChI=1S/C33H25ClN4O2/c1-23-10-16-29(17-11-23)36-33(39)26(20-35)18-27-21-38(30-7-3-2-4-8-30)37-32(27)25-6-5-9-31(19-25)40-22-24-12-14-28(34)15-13-24/h2-19,21H,22H2,1H3,(H,36,39). The molecular formula is C33H25ClN4O2. The summed E-state index contributed by atoms with van der Waals surface area (Å²) in [6, 6.07) is 34.2. The highest BCUT2D eigenvalue weighted by Crippen LogP contribution is 2.29. The minimum Gasteiger partial charge on any atom is -0.489 e. The van der Waals surface area contributed by atoms with Crippen LogP contribution in [0, 0.1) is 18.3 Å². The largest absolute Gasteiger partial charge is 0.489 e. The number of ether oxygens (including phenoxy) is 1. The van der Waals surface area contributed by atoms with E-state index < -0.39 is 5.91 Å². The third-order valence-corrected chi connectivity index (χ3v) is 6.42. The lowest BCUT2D eigenvalue weighted by Gasteiger charge is -2.08. The van der Waals surface area contributed by atoms with E-state index in [2.05, 4.69) is 5.32 Å². The molecule has 0 radical (unpaired) electrons. The molecule has 1 aromatic heterocycles. The van der Waals surface area contributed by atoms with Gasteiger partial charge in [0, 0.05) is 28.0 Å². The molecule has 0 aliphatic heterocycles. The molecule has 0 spiro atoms. The number of hydrogen-bond donors (Lipinski definition) is 1. The van der Waals surface area contributed by atoms with Gasteiger partial charge in [-0.2, -0.15) is 10.4 Å². The number of nitriles is 1. The average molecular weight is 545 g/mol. The topological polar surface area (TPSA) is 79.9 Å². The number of para-hydroxylation sites is 1. The Morgan fingerprint density at radius 1 is 1.00 bits per heavy atom. The van der Waals surface area contributed by atoms with Crippen LogP contribution in [-0.4, -0.2) is 15.7 Å². The Morgan fingerprint density at radius 3 is 2.48 bits per heavy atom. The number of hydrogen-bond acceptors (Lipinski definition) is 4. The molecule has 0 aliphatic carbocycles. The van der Waals surface area contributed by atoms with E-state index >= 15 is 0 Å². The second kappa shape index (κ2) is 12.2. The van der Waals surface area contributed by atoms with Crippen molar-refractivity contribution >= 4 is 29.3 Å². The number of nitrogens with one attached hydrogen (secondary N) is 1. The lowest BCUT2D eigenvalue weighted by molar-refractivity contribution is -0.112. The van der Waals surface area contributed by atoms with Gasteiger partial charge in [-0.15, -0.1) is 0 Å². The van der Waals surface area contributed by atoms with Crippen LogP contribution in [0.25, 0.3) is 23.0 Å². The zero-order chi connectivity index (χ0) is 27.9. The van der Waals surface area contributed by atoms with Gasteiger partial charge >= 0.3 is 0 Å². The molecule has 1 heterocycles. The molecule has 0 saturated heterocycles. The average Bonchev–Trinajstić information content (AvgIpc) is 3.41. The van der Waals surface area contributed by atoms with E-state index in [1.165, 1.54) is 0 Å². The second-order valence-corrected chi connectivity index (χ2v) is 9.58. The van der Waals surface area contributed by atoms with Gasteiger partial charge in [0.2, 0.25) is 0 Å². The molecule has 196 valence electrons. The van der Waals surface area contributed by atoms with Crippen LogP contribution in [0.4, 0.5) is 5.69 Å². The van der Waals surface area contributed by atoms with Crippen molar-refractivity contribution in [2.24, 2.45) is 0 Å². The summed E-state index contributed by atoms with van der Waals surface area (Å²) in [6.45, 7) is 2.35. The van der Waals surface area contributed by atoms with Crippen LogP contribution >= 0.6 is 11.6 Å². The maximum atomic E-state index is 13.0. The molecular weight excluding hydrogens is 520 g/mol. The molecule has 6 nitrogen and oxygen atoms in total. The van der Waals surface area contributed by atoms with Crippen molar-refractivity contribution in [2.45, 2.75) is 13.5 Å². The monoisotopic (exact) mass is 544 g/mol. The molecule has 4 aromatic carbocycles. The number of carbonyl (C=O) groups is 1. The molecule has 0 bridgehead atoms. The zero-order valence-electron chi connectivity index (χ0n) is 21.7. The van der Waals surface area contributed by atoms with Crippen molar-refractivity contribution in [3.8, 4) is 28.8 Å². The number of rotatable bonds is 8. The van der Waals surface area contributed by atoms with Crippen LogP contribution in [-0.2, 0) is 11.4 Å². The number of aromatic nitrogens is 2. The van der Waals surface area contributed by atoms with E-state index in [0.717, 1.165) is 22.4 Å². The molecule has 40 heavy (non-hydrogen) atoms. The number of carbonyl (C=O) groups excluding carboxylic acids is 1. The fraction of sp³-hybridized carbons (Fsp3) is 0.0606. The maximum absolute atomic E-state index is 13.0. The van der Waals surface area contributed by atoms with Gasteiger partial charge in [-0.3, -0.25) is 4.79 Å². The number of amides is 1. The van der Waals surface area contributed by atoms with E-state index in [4.69, 9.17) is 21.4 Å². The first-order valence-corrected chi connectivity index (χ1v) is 13.0. The lowest BCUT2D eigenvalue weighted by Crippen LogP contribution is -2.13. The molecule has 1 amide bonds. The fourth-order valence-electron chi connectivity index (χ4n) is 4.05. The number of nitrogens with zero attached hydrogens (tertiary/aromatic N) is 3. The molecule has 7 heteroatoms. The molecule has 5 aromatic rings. The van der Waals surface area contributed by atoms with E-state index in [1.807, 2.05) is 110 Å². The Balaban J connectivity index is 1.48. The highest BCUT2D eigenvalue weighted by atomic mass is 35.5. The first-order chi connectivity index (χ1) is 19.5. The number of aryl methyl sites for hydroxylation is 1. The summed E-state index contributed by atoms with van der Waals surface area (Å²) in [6.07, 6.45) is 3.37. The van der Waals surface area contributed by atoms with Gasteiger partial charge in [-0.25, -0.2) is 4.68 Å². The van der Waals surface area contributed by atoms with Crippen LogP contribution in [0.2, 0.25) is 5.02 Å². The SMILES string of the molecule is Cc1ccc(NC(=O)C(C#N)=Cc2cn(-c3ccccc3)nc2-c2cccc(OCc3ccc(Cl)cc3)c2)cc1. The first-order valence-electron chi connectivity index (χ1n) is 12.6. The summed E-state index contributed by atoms with van der Waals surface area (Å²) in [5.74, 6) is 0.166. The second-order valence-electron chi connectivity index (χ2n) is 9.15. The van der Waals surface area contributed by atoms with Crippen molar-refractivity contribution in [1.82, 2.24) is 9.78 Å². The van der Waals surface area contributed by atoms with E-state index in [0.29, 0.717) is 34.3 Å².